The van der Waals surface area contributed by atoms with Crippen LogP contribution in [0.4, 0.5) is 0 Å². The third kappa shape index (κ3) is 4.25. The average Bonchev–Trinajstić information content (AvgIpc) is 3.07. The Morgan fingerprint density at radius 2 is 1.88 bits per heavy atom. The van der Waals surface area contributed by atoms with E-state index in [1.54, 1.807) is 17.4 Å². The maximum atomic E-state index is 12.2. The maximum absolute atomic E-state index is 12.2. The number of carbonyl (C=O) groups is 1. The van der Waals surface area contributed by atoms with E-state index in [1.807, 2.05) is 36.4 Å². The fourth-order valence-corrected chi connectivity index (χ4v) is 4.27. The van der Waals surface area contributed by atoms with E-state index in [4.69, 9.17) is 0 Å². The molecule has 1 heterocycles. The first kappa shape index (κ1) is 18.5. The van der Waals surface area contributed by atoms with Gasteiger partial charge in [0.15, 0.2) is 0 Å². The molecule has 0 bridgehead atoms. The molecule has 0 aliphatic heterocycles. The van der Waals surface area contributed by atoms with Crippen LogP contribution < -0.4 is 5.32 Å². The monoisotopic (exact) mass is 367 g/mol. The van der Waals surface area contributed by atoms with Gasteiger partial charge in [-0.1, -0.05) is 38.0 Å². The van der Waals surface area contributed by atoms with Crippen molar-refractivity contribution in [1.29, 1.82) is 0 Å². The quantitative estimate of drug-likeness (QED) is 0.530. The number of benzene rings is 2. The third-order valence-electron chi connectivity index (χ3n) is 4.65. The molecule has 2 aromatic carbocycles. The van der Waals surface area contributed by atoms with E-state index in [-0.39, 0.29) is 5.91 Å². The Bertz CT molecular complexity index is 870. The van der Waals surface area contributed by atoms with Crippen LogP contribution in [-0.2, 0) is 12.8 Å². The SMILES string of the molecule is CCCCCc1c(O)ccc2scc(CCNC(=O)c3ccccc3)c12. The Kier molecular flexibility index (Phi) is 6.29. The summed E-state index contributed by atoms with van der Waals surface area (Å²) in [5.74, 6) is 0.345. The summed E-state index contributed by atoms with van der Waals surface area (Å²) in [6.07, 6.45) is 5.09. The van der Waals surface area contributed by atoms with Gasteiger partial charge < -0.3 is 10.4 Å². The highest BCUT2D eigenvalue weighted by atomic mass is 32.1. The second kappa shape index (κ2) is 8.86. The molecule has 2 N–H and O–H groups in total. The van der Waals surface area contributed by atoms with Gasteiger partial charge in [-0.3, -0.25) is 4.79 Å². The molecule has 0 atom stereocenters. The van der Waals surface area contributed by atoms with Crippen molar-refractivity contribution in [1.82, 2.24) is 5.32 Å². The summed E-state index contributed by atoms with van der Waals surface area (Å²) in [6, 6.07) is 13.1. The van der Waals surface area contributed by atoms with Gasteiger partial charge in [-0.2, -0.15) is 0 Å². The Morgan fingerprint density at radius 3 is 2.65 bits per heavy atom. The first-order chi connectivity index (χ1) is 12.7. The minimum absolute atomic E-state index is 0.0452. The normalized spacial score (nSPS) is 11.0. The highest BCUT2D eigenvalue weighted by Gasteiger charge is 2.13. The van der Waals surface area contributed by atoms with Crippen molar-refractivity contribution in [2.75, 3.05) is 6.54 Å². The van der Waals surface area contributed by atoms with Crippen LogP contribution in [-0.4, -0.2) is 17.6 Å². The standard InChI is InChI=1S/C22H25NO2S/c1-2-3-5-10-18-19(24)11-12-20-21(18)17(15-26-20)13-14-23-22(25)16-8-6-4-7-9-16/h4,6-9,11-12,15,24H,2-3,5,10,13-14H2,1H3,(H,23,25). The molecule has 0 fully saturated rings. The molecule has 26 heavy (non-hydrogen) atoms. The predicted octanol–water partition coefficient (Wildman–Crippen LogP) is 5.31. The van der Waals surface area contributed by atoms with Crippen molar-refractivity contribution < 1.29 is 9.90 Å². The number of hydrogen-bond acceptors (Lipinski definition) is 3. The predicted molar refractivity (Wildman–Crippen MR) is 109 cm³/mol. The minimum Gasteiger partial charge on any atom is -0.508 e. The van der Waals surface area contributed by atoms with E-state index in [1.165, 1.54) is 28.5 Å². The molecule has 4 heteroatoms. The fraction of sp³-hybridized carbons (Fsp3) is 0.318. The van der Waals surface area contributed by atoms with Gasteiger partial charge in [0.25, 0.3) is 5.91 Å². The zero-order chi connectivity index (χ0) is 18.4. The highest BCUT2D eigenvalue weighted by molar-refractivity contribution is 7.17. The number of aryl methyl sites for hydroxylation is 1. The Labute approximate surface area is 158 Å². The molecule has 0 saturated carbocycles. The van der Waals surface area contributed by atoms with Crippen LogP contribution in [0, 0.1) is 0 Å². The average molecular weight is 368 g/mol. The second-order valence-electron chi connectivity index (χ2n) is 6.53. The van der Waals surface area contributed by atoms with Crippen LogP contribution >= 0.6 is 11.3 Å². The van der Waals surface area contributed by atoms with Crippen molar-refractivity contribution in [3.05, 3.63) is 64.5 Å². The summed E-state index contributed by atoms with van der Waals surface area (Å²) in [7, 11) is 0. The molecule has 3 rings (SSSR count). The summed E-state index contributed by atoms with van der Waals surface area (Å²) in [5, 5.41) is 16.7. The molecule has 0 spiro atoms. The minimum atomic E-state index is -0.0452. The molecule has 0 radical (unpaired) electrons. The van der Waals surface area contributed by atoms with Crippen LogP contribution in [0.1, 0.15) is 47.7 Å². The van der Waals surface area contributed by atoms with Crippen molar-refractivity contribution in [2.45, 2.75) is 39.0 Å². The molecular formula is C22H25NO2S. The lowest BCUT2D eigenvalue weighted by Crippen LogP contribution is -2.25. The molecule has 136 valence electrons. The number of nitrogens with one attached hydrogen (secondary N) is 1. The molecule has 3 aromatic rings. The molecule has 1 aromatic heterocycles. The van der Waals surface area contributed by atoms with Crippen LogP contribution in [0.15, 0.2) is 47.8 Å². The van der Waals surface area contributed by atoms with Crippen molar-refractivity contribution in [2.24, 2.45) is 0 Å². The van der Waals surface area contributed by atoms with Crippen LogP contribution in [0.3, 0.4) is 0 Å². The first-order valence-corrected chi connectivity index (χ1v) is 10.1. The van der Waals surface area contributed by atoms with Crippen LogP contribution in [0.25, 0.3) is 10.1 Å². The van der Waals surface area contributed by atoms with Gasteiger partial charge >= 0.3 is 0 Å². The van der Waals surface area contributed by atoms with Gasteiger partial charge in [-0.25, -0.2) is 0 Å². The maximum Gasteiger partial charge on any atom is 0.251 e. The molecule has 0 unspecified atom stereocenters. The number of rotatable bonds is 8. The van der Waals surface area contributed by atoms with Gasteiger partial charge in [-0.15, -0.1) is 11.3 Å². The van der Waals surface area contributed by atoms with Crippen molar-refractivity contribution in [3.8, 4) is 5.75 Å². The number of carbonyl (C=O) groups excluding carboxylic acids is 1. The Morgan fingerprint density at radius 1 is 1.08 bits per heavy atom. The van der Waals surface area contributed by atoms with Gasteiger partial charge in [0.2, 0.25) is 0 Å². The summed E-state index contributed by atoms with van der Waals surface area (Å²) in [5.41, 5.74) is 2.95. The molecular weight excluding hydrogens is 342 g/mol. The molecule has 0 aliphatic carbocycles. The second-order valence-corrected chi connectivity index (χ2v) is 7.44. The summed E-state index contributed by atoms with van der Waals surface area (Å²) >= 11 is 1.71. The van der Waals surface area contributed by atoms with Gasteiger partial charge in [0.1, 0.15) is 5.75 Å². The van der Waals surface area contributed by atoms with Gasteiger partial charge in [0.05, 0.1) is 0 Å². The first-order valence-electron chi connectivity index (χ1n) is 9.25. The lowest BCUT2D eigenvalue weighted by Gasteiger charge is -2.10. The summed E-state index contributed by atoms with van der Waals surface area (Å²) < 4.78 is 1.21. The smallest absolute Gasteiger partial charge is 0.251 e. The van der Waals surface area contributed by atoms with E-state index >= 15 is 0 Å². The number of phenols is 1. The van der Waals surface area contributed by atoms with Gasteiger partial charge in [-0.05, 0) is 54.5 Å². The zero-order valence-electron chi connectivity index (χ0n) is 15.1. The van der Waals surface area contributed by atoms with E-state index in [9.17, 15) is 9.90 Å². The lowest BCUT2D eigenvalue weighted by atomic mass is 9.98. The van der Waals surface area contributed by atoms with Gasteiger partial charge in [0, 0.05) is 27.8 Å². The number of amides is 1. The molecule has 0 saturated heterocycles. The number of hydrogen-bond donors (Lipinski definition) is 2. The third-order valence-corrected chi connectivity index (χ3v) is 5.64. The van der Waals surface area contributed by atoms with E-state index in [0.29, 0.717) is 17.9 Å². The van der Waals surface area contributed by atoms with E-state index in [0.717, 1.165) is 24.8 Å². The Balaban J connectivity index is 1.71. The number of thiophene rings is 1. The highest BCUT2D eigenvalue weighted by Crippen LogP contribution is 2.35. The van der Waals surface area contributed by atoms with Crippen LogP contribution in [0.5, 0.6) is 5.75 Å². The lowest BCUT2D eigenvalue weighted by molar-refractivity contribution is 0.0954. The fourth-order valence-electron chi connectivity index (χ4n) is 3.25. The molecule has 1 amide bonds. The Hall–Kier alpha value is -2.33. The number of phenolic OH excluding ortho intramolecular Hbond substituents is 1. The molecule has 0 aliphatic rings. The topological polar surface area (TPSA) is 49.3 Å². The largest absolute Gasteiger partial charge is 0.508 e. The molecule has 3 nitrogen and oxygen atoms in total. The van der Waals surface area contributed by atoms with Crippen LogP contribution in [0.2, 0.25) is 0 Å². The summed E-state index contributed by atoms with van der Waals surface area (Å²) in [4.78, 5) is 12.2. The zero-order valence-corrected chi connectivity index (χ0v) is 15.9. The number of fused-ring (bicyclic) bond motifs is 1. The number of aromatic hydroxyl groups is 1. The van der Waals surface area contributed by atoms with E-state index < -0.39 is 0 Å². The summed E-state index contributed by atoms with van der Waals surface area (Å²) in [6.45, 7) is 2.77. The van der Waals surface area contributed by atoms with Crippen molar-refractivity contribution in [3.63, 3.8) is 0 Å². The van der Waals surface area contributed by atoms with E-state index in [2.05, 4.69) is 17.6 Å². The number of unbranched alkanes of at least 4 members (excludes halogenated alkanes) is 2. The van der Waals surface area contributed by atoms with Crippen molar-refractivity contribution >= 4 is 27.3 Å².